The summed E-state index contributed by atoms with van der Waals surface area (Å²) in [5.74, 6) is -0.954. The fourth-order valence-corrected chi connectivity index (χ4v) is 5.48. The van der Waals surface area contributed by atoms with Crippen LogP contribution in [0.1, 0.15) is 44.8 Å². The molecule has 3 N–H and O–H groups in total. The maximum absolute atomic E-state index is 13.1. The lowest BCUT2D eigenvalue weighted by molar-refractivity contribution is 0.0940. The highest BCUT2D eigenvalue weighted by Crippen LogP contribution is 2.27. The van der Waals surface area contributed by atoms with E-state index in [1.807, 2.05) is 37.3 Å². The third-order valence-corrected chi connectivity index (χ3v) is 7.79. The molecular formula is C29H26ClN3O4S. The first-order valence-electron chi connectivity index (χ1n) is 11.8. The molecule has 0 saturated heterocycles. The van der Waals surface area contributed by atoms with E-state index in [0.717, 1.165) is 11.1 Å². The summed E-state index contributed by atoms with van der Waals surface area (Å²) >= 11 is 6.21. The van der Waals surface area contributed by atoms with Crippen molar-refractivity contribution in [1.29, 1.82) is 0 Å². The summed E-state index contributed by atoms with van der Waals surface area (Å²) in [4.78, 5) is 25.9. The van der Waals surface area contributed by atoms with Gasteiger partial charge in [-0.3, -0.25) is 14.3 Å². The minimum atomic E-state index is -4.08. The molecule has 1 atom stereocenters. The van der Waals surface area contributed by atoms with E-state index >= 15 is 0 Å². The minimum absolute atomic E-state index is 0.0303. The Morgan fingerprint density at radius 2 is 1.42 bits per heavy atom. The quantitative estimate of drug-likeness (QED) is 0.244. The van der Waals surface area contributed by atoms with Crippen LogP contribution in [0.2, 0.25) is 5.02 Å². The van der Waals surface area contributed by atoms with Crippen LogP contribution >= 0.6 is 11.6 Å². The number of aryl methyl sites for hydroxylation is 1. The molecule has 0 heterocycles. The third-order valence-electron chi connectivity index (χ3n) is 5.94. The first-order chi connectivity index (χ1) is 18.2. The molecule has 0 spiro atoms. The zero-order valence-electron chi connectivity index (χ0n) is 20.7. The topological polar surface area (TPSA) is 104 Å². The van der Waals surface area contributed by atoms with E-state index in [4.69, 9.17) is 11.6 Å². The average molecular weight is 548 g/mol. The van der Waals surface area contributed by atoms with Gasteiger partial charge < -0.3 is 10.6 Å². The van der Waals surface area contributed by atoms with Crippen molar-refractivity contribution in [3.8, 4) is 0 Å². The largest absolute Gasteiger partial charge is 0.345 e. The Kier molecular flexibility index (Phi) is 8.14. The highest BCUT2D eigenvalue weighted by molar-refractivity contribution is 7.92. The van der Waals surface area contributed by atoms with Crippen molar-refractivity contribution >= 4 is 44.8 Å². The van der Waals surface area contributed by atoms with Gasteiger partial charge in [0.15, 0.2) is 0 Å². The van der Waals surface area contributed by atoms with E-state index in [2.05, 4.69) is 15.4 Å². The maximum Gasteiger partial charge on any atom is 0.263 e. The molecule has 0 radical (unpaired) electrons. The van der Waals surface area contributed by atoms with E-state index in [0.29, 0.717) is 5.69 Å². The molecule has 9 heteroatoms. The van der Waals surface area contributed by atoms with Crippen LogP contribution in [0.15, 0.2) is 102 Å². The van der Waals surface area contributed by atoms with Crippen LogP contribution in [0.25, 0.3) is 0 Å². The number of nitrogens with one attached hydrogen (secondary N) is 3. The molecule has 0 aliphatic carbocycles. The Balaban J connectivity index is 1.55. The molecule has 7 nitrogen and oxygen atoms in total. The molecule has 4 rings (SSSR count). The van der Waals surface area contributed by atoms with E-state index in [-0.39, 0.29) is 38.7 Å². The van der Waals surface area contributed by atoms with Crippen molar-refractivity contribution in [3.05, 3.63) is 124 Å². The molecule has 4 aromatic carbocycles. The van der Waals surface area contributed by atoms with Crippen LogP contribution in [0.4, 0.5) is 11.4 Å². The summed E-state index contributed by atoms with van der Waals surface area (Å²) in [7, 11) is -4.08. The van der Waals surface area contributed by atoms with E-state index in [1.54, 1.807) is 55.5 Å². The number of hydrogen-bond acceptors (Lipinski definition) is 4. The molecule has 0 aromatic heterocycles. The van der Waals surface area contributed by atoms with Gasteiger partial charge in [0.25, 0.3) is 21.8 Å². The molecule has 0 bridgehead atoms. The number of benzene rings is 4. The molecular weight excluding hydrogens is 522 g/mol. The zero-order valence-corrected chi connectivity index (χ0v) is 22.3. The van der Waals surface area contributed by atoms with Gasteiger partial charge in [-0.2, -0.15) is 0 Å². The van der Waals surface area contributed by atoms with Crippen LogP contribution in [-0.2, 0) is 10.0 Å². The van der Waals surface area contributed by atoms with Gasteiger partial charge in [0.05, 0.1) is 28.0 Å². The Morgan fingerprint density at radius 3 is 2.13 bits per heavy atom. The minimum Gasteiger partial charge on any atom is -0.345 e. The number of para-hydroxylation sites is 2. The summed E-state index contributed by atoms with van der Waals surface area (Å²) in [6.07, 6.45) is 0. The molecule has 0 unspecified atom stereocenters. The second-order valence-corrected chi connectivity index (χ2v) is 10.7. The highest BCUT2D eigenvalue weighted by Gasteiger charge is 2.22. The number of halogens is 1. The first-order valence-corrected chi connectivity index (χ1v) is 13.7. The lowest BCUT2D eigenvalue weighted by Gasteiger charge is -2.17. The van der Waals surface area contributed by atoms with Gasteiger partial charge in [0.1, 0.15) is 4.90 Å². The summed E-state index contributed by atoms with van der Waals surface area (Å²) < 4.78 is 28.7. The van der Waals surface area contributed by atoms with Crippen LogP contribution < -0.4 is 15.4 Å². The van der Waals surface area contributed by atoms with Gasteiger partial charge >= 0.3 is 0 Å². The van der Waals surface area contributed by atoms with Gasteiger partial charge in [-0.05, 0) is 61.4 Å². The lowest BCUT2D eigenvalue weighted by atomic mass is 10.1. The molecule has 0 aliphatic heterocycles. The molecule has 0 fully saturated rings. The summed E-state index contributed by atoms with van der Waals surface area (Å²) in [6, 6.07) is 26.8. The van der Waals surface area contributed by atoms with Crippen molar-refractivity contribution in [3.63, 3.8) is 0 Å². The monoisotopic (exact) mass is 547 g/mol. The van der Waals surface area contributed by atoms with Crippen molar-refractivity contribution in [1.82, 2.24) is 5.32 Å². The Bertz CT molecular complexity index is 1590. The summed E-state index contributed by atoms with van der Waals surface area (Å²) in [5.41, 5.74) is 2.70. The number of carbonyl (C=O) groups is 2. The van der Waals surface area contributed by atoms with Gasteiger partial charge in [-0.15, -0.1) is 0 Å². The second-order valence-electron chi connectivity index (χ2n) is 8.67. The highest BCUT2D eigenvalue weighted by atomic mass is 35.5. The first kappa shape index (κ1) is 26.9. The third kappa shape index (κ3) is 6.22. The summed E-state index contributed by atoms with van der Waals surface area (Å²) in [6.45, 7) is 3.65. The fourth-order valence-electron chi connectivity index (χ4n) is 3.82. The van der Waals surface area contributed by atoms with Crippen molar-refractivity contribution in [2.75, 3.05) is 10.0 Å². The number of sulfonamides is 1. The van der Waals surface area contributed by atoms with Crippen LogP contribution in [0.3, 0.4) is 0 Å². The number of hydrogen-bond donors (Lipinski definition) is 3. The van der Waals surface area contributed by atoms with Gasteiger partial charge in [-0.1, -0.05) is 72.3 Å². The molecule has 0 saturated carbocycles. The predicted octanol–water partition coefficient (Wildman–Crippen LogP) is 6.19. The maximum atomic E-state index is 13.1. The number of amides is 2. The molecule has 0 aliphatic rings. The van der Waals surface area contributed by atoms with E-state index < -0.39 is 15.9 Å². The Morgan fingerprint density at radius 1 is 0.789 bits per heavy atom. The van der Waals surface area contributed by atoms with Gasteiger partial charge in [-0.25, -0.2) is 8.42 Å². The molecule has 4 aromatic rings. The predicted molar refractivity (Wildman–Crippen MR) is 150 cm³/mol. The van der Waals surface area contributed by atoms with Crippen LogP contribution in [0.5, 0.6) is 0 Å². The van der Waals surface area contributed by atoms with E-state index in [9.17, 15) is 18.0 Å². The van der Waals surface area contributed by atoms with Crippen LogP contribution in [-0.4, -0.2) is 20.2 Å². The fraction of sp³-hybridized carbons (Fsp3) is 0.103. The Hall–Kier alpha value is -4.14. The lowest BCUT2D eigenvalue weighted by Crippen LogP contribution is -2.28. The van der Waals surface area contributed by atoms with Crippen molar-refractivity contribution < 1.29 is 18.0 Å². The van der Waals surface area contributed by atoms with Crippen molar-refractivity contribution in [2.24, 2.45) is 0 Å². The molecule has 2 amide bonds. The SMILES string of the molecule is Cc1ccccc1NS(=O)(=O)c1cc(C(=O)Nc2ccccc2C(=O)N[C@@H](C)c2ccccc2)ccc1Cl. The standard InChI is InChI=1S/C29H26ClN3O4S/c1-19-10-6-8-14-25(19)33-38(36,37)27-18-22(16-17-24(27)30)28(34)32-26-15-9-7-13-23(26)29(35)31-20(2)21-11-4-3-5-12-21/h3-18,20,33H,1-2H3,(H,31,35)(H,32,34)/t20-/m0/s1. The van der Waals surface area contributed by atoms with Crippen molar-refractivity contribution in [2.45, 2.75) is 24.8 Å². The average Bonchev–Trinajstić information content (AvgIpc) is 2.90. The second kappa shape index (κ2) is 11.5. The smallest absolute Gasteiger partial charge is 0.263 e. The summed E-state index contributed by atoms with van der Waals surface area (Å²) in [5, 5.41) is 5.62. The van der Waals surface area contributed by atoms with Gasteiger partial charge in [0, 0.05) is 5.56 Å². The van der Waals surface area contributed by atoms with Crippen LogP contribution in [0, 0.1) is 6.92 Å². The number of carbonyl (C=O) groups excluding carboxylic acids is 2. The molecule has 194 valence electrons. The normalized spacial score (nSPS) is 11.9. The number of rotatable bonds is 8. The number of anilines is 2. The van der Waals surface area contributed by atoms with Gasteiger partial charge in [0.2, 0.25) is 0 Å². The van der Waals surface area contributed by atoms with E-state index in [1.165, 1.54) is 18.2 Å². The zero-order chi connectivity index (χ0) is 27.3. The molecule has 38 heavy (non-hydrogen) atoms. The Labute approximate surface area is 226 Å².